The van der Waals surface area contributed by atoms with Crippen molar-refractivity contribution in [1.82, 2.24) is 4.90 Å². The zero-order chi connectivity index (χ0) is 21.5. The van der Waals surface area contributed by atoms with E-state index in [0.29, 0.717) is 42.8 Å². The molecule has 3 rings (SSSR count). The second-order valence-corrected chi connectivity index (χ2v) is 8.44. The van der Waals surface area contributed by atoms with Crippen LogP contribution in [0.4, 0.5) is 5.69 Å². The van der Waals surface area contributed by atoms with E-state index < -0.39 is 0 Å². The molecule has 160 valence electrons. The number of hydrogen-bond donors (Lipinski definition) is 0. The standard InChI is InChI=1S/C23H26Cl2N2O3/c1-17(11-22(28)16-30-15-18-5-3-2-4-6-18)23(29)27-9-7-26(8-10-27)21-13-19(24)12-20(25)14-21/h2-6,12-14,17H,7-11,15-16H2,1H3. The first-order valence-electron chi connectivity index (χ1n) is 10.1. The Morgan fingerprint density at radius 3 is 2.27 bits per heavy atom. The van der Waals surface area contributed by atoms with Crippen molar-refractivity contribution in [2.75, 3.05) is 37.7 Å². The Hall–Kier alpha value is -2.08. The predicted molar refractivity (Wildman–Crippen MR) is 120 cm³/mol. The van der Waals surface area contributed by atoms with Gasteiger partial charge in [0.15, 0.2) is 5.78 Å². The monoisotopic (exact) mass is 448 g/mol. The number of benzene rings is 2. The first-order valence-corrected chi connectivity index (χ1v) is 10.8. The maximum atomic E-state index is 12.8. The molecule has 0 aliphatic carbocycles. The van der Waals surface area contributed by atoms with Gasteiger partial charge in [0.1, 0.15) is 6.61 Å². The number of Topliss-reactive ketones (excluding diaryl/α,β-unsaturated/α-hetero) is 1. The van der Waals surface area contributed by atoms with Crippen molar-refractivity contribution in [2.24, 2.45) is 5.92 Å². The van der Waals surface area contributed by atoms with Gasteiger partial charge in [-0.05, 0) is 23.8 Å². The summed E-state index contributed by atoms with van der Waals surface area (Å²) >= 11 is 12.2. The third kappa shape index (κ3) is 6.46. The minimum atomic E-state index is -0.356. The highest BCUT2D eigenvalue weighted by atomic mass is 35.5. The van der Waals surface area contributed by atoms with E-state index in [-0.39, 0.29) is 30.6 Å². The molecule has 2 aromatic carbocycles. The molecule has 1 heterocycles. The smallest absolute Gasteiger partial charge is 0.225 e. The fraction of sp³-hybridized carbons (Fsp3) is 0.391. The molecule has 30 heavy (non-hydrogen) atoms. The van der Waals surface area contributed by atoms with Crippen molar-refractivity contribution in [3.05, 3.63) is 64.1 Å². The van der Waals surface area contributed by atoms with E-state index in [2.05, 4.69) is 4.90 Å². The molecule has 2 aromatic rings. The van der Waals surface area contributed by atoms with Crippen LogP contribution < -0.4 is 4.90 Å². The lowest BCUT2D eigenvalue weighted by atomic mass is 10.0. The molecule has 1 fully saturated rings. The first-order chi connectivity index (χ1) is 14.4. The number of amides is 1. The van der Waals surface area contributed by atoms with Gasteiger partial charge in [-0.1, -0.05) is 60.5 Å². The predicted octanol–water partition coefficient (Wildman–Crippen LogP) is 4.45. The highest BCUT2D eigenvalue weighted by Gasteiger charge is 2.26. The highest BCUT2D eigenvalue weighted by molar-refractivity contribution is 6.35. The minimum absolute atomic E-state index is 0.00943. The third-order valence-electron chi connectivity index (χ3n) is 5.13. The van der Waals surface area contributed by atoms with Gasteiger partial charge in [0, 0.05) is 54.3 Å². The Morgan fingerprint density at radius 2 is 1.63 bits per heavy atom. The average Bonchev–Trinajstić information content (AvgIpc) is 2.73. The molecule has 5 nitrogen and oxygen atoms in total. The fourth-order valence-corrected chi connectivity index (χ4v) is 4.08. The number of carbonyl (C=O) groups excluding carboxylic acids is 2. The Kier molecular flexibility index (Phi) is 8.14. The summed E-state index contributed by atoms with van der Waals surface area (Å²) in [6.45, 7) is 4.82. The number of anilines is 1. The van der Waals surface area contributed by atoms with Crippen LogP contribution in [0, 0.1) is 5.92 Å². The van der Waals surface area contributed by atoms with Gasteiger partial charge < -0.3 is 14.5 Å². The molecule has 7 heteroatoms. The van der Waals surface area contributed by atoms with Gasteiger partial charge in [0.2, 0.25) is 5.91 Å². The van der Waals surface area contributed by atoms with Gasteiger partial charge in [-0.25, -0.2) is 0 Å². The van der Waals surface area contributed by atoms with Crippen LogP contribution in [-0.2, 0) is 20.9 Å². The van der Waals surface area contributed by atoms with E-state index in [1.54, 1.807) is 13.0 Å². The van der Waals surface area contributed by atoms with Crippen LogP contribution in [0.2, 0.25) is 10.0 Å². The molecule has 0 saturated carbocycles. The van der Waals surface area contributed by atoms with Crippen molar-refractivity contribution >= 4 is 40.6 Å². The summed E-state index contributed by atoms with van der Waals surface area (Å²) in [7, 11) is 0. The lowest BCUT2D eigenvalue weighted by molar-refractivity contribution is -0.138. The SMILES string of the molecule is CC(CC(=O)COCc1ccccc1)C(=O)N1CCN(c2cc(Cl)cc(Cl)c2)CC1. The number of rotatable bonds is 8. The largest absolute Gasteiger partial charge is 0.369 e. The van der Waals surface area contributed by atoms with Gasteiger partial charge in [-0.2, -0.15) is 0 Å². The van der Waals surface area contributed by atoms with Crippen LogP contribution in [0.5, 0.6) is 0 Å². The van der Waals surface area contributed by atoms with Gasteiger partial charge in [0.25, 0.3) is 0 Å². The number of ketones is 1. The number of hydrogen-bond acceptors (Lipinski definition) is 4. The zero-order valence-electron chi connectivity index (χ0n) is 17.0. The number of nitrogens with zero attached hydrogens (tertiary/aromatic N) is 2. The summed E-state index contributed by atoms with van der Waals surface area (Å²) < 4.78 is 5.49. The number of ether oxygens (including phenoxy) is 1. The molecule has 1 unspecified atom stereocenters. The quantitative estimate of drug-likeness (QED) is 0.598. The fourth-order valence-electron chi connectivity index (χ4n) is 3.56. The molecule has 1 aliphatic heterocycles. The molecule has 0 radical (unpaired) electrons. The molecule has 0 spiro atoms. The van der Waals surface area contributed by atoms with Crippen molar-refractivity contribution in [1.29, 1.82) is 0 Å². The Labute approximate surface area is 187 Å². The van der Waals surface area contributed by atoms with Crippen molar-refractivity contribution in [3.63, 3.8) is 0 Å². The molecule has 1 atom stereocenters. The molecular formula is C23H26Cl2N2O3. The molecule has 1 amide bonds. The van der Waals surface area contributed by atoms with Gasteiger partial charge in [0.05, 0.1) is 6.61 Å². The van der Waals surface area contributed by atoms with Crippen molar-refractivity contribution in [2.45, 2.75) is 20.0 Å². The van der Waals surface area contributed by atoms with Gasteiger partial charge in [-0.15, -0.1) is 0 Å². The second-order valence-electron chi connectivity index (χ2n) is 7.56. The zero-order valence-corrected chi connectivity index (χ0v) is 18.5. The van der Waals surface area contributed by atoms with Crippen LogP contribution in [0.15, 0.2) is 48.5 Å². The maximum absolute atomic E-state index is 12.8. The normalized spacial score (nSPS) is 15.2. The van der Waals surface area contributed by atoms with E-state index in [1.165, 1.54) is 0 Å². The molecule has 0 N–H and O–H groups in total. The highest BCUT2D eigenvalue weighted by Crippen LogP contribution is 2.26. The van der Waals surface area contributed by atoms with Crippen LogP contribution in [-0.4, -0.2) is 49.4 Å². The van der Waals surface area contributed by atoms with Crippen LogP contribution >= 0.6 is 23.2 Å². The molecule has 0 bridgehead atoms. The van der Waals surface area contributed by atoms with Crippen LogP contribution in [0.25, 0.3) is 0 Å². The Bertz CT molecular complexity index is 848. The number of piperazine rings is 1. The summed E-state index contributed by atoms with van der Waals surface area (Å²) in [5.41, 5.74) is 1.98. The molecule has 1 saturated heterocycles. The van der Waals surface area contributed by atoms with Crippen LogP contribution in [0.1, 0.15) is 18.9 Å². The van der Waals surface area contributed by atoms with E-state index in [9.17, 15) is 9.59 Å². The summed E-state index contributed by atoms with van der Waals surface area (Å²) in [4.78, 5) is 28.9. The Balaban J connectivity index is 1.42. The van der Waals surface area contributed by atoms with E-state index >= 15 is 0 Å². The first kappa shape index (κ1) is 22.6. The number of halogens is 2. The molecule has 0 aromatic heterocycles. The Morgan fingerprint density at radius 1 is 1.00 bits per heavy atom. The molecular weight excluding hydrogens is 423 g/mol. The van der Waals surface area contributed by atoms with Gasteiger partial charge >= 0.3 is 0 Å². The van der Waals surface area contributed by atoms with E-state index in [1.807, 2.05) is 47.4 Å². The lowest BCUT2D eigenvalue weighted by Gasteiger charge is -2.37. The maximum Gasteiger partial charge on any atom is 0.225 e. The number of carbonyl (C=O) groups is 2. The van der Waals surface area contributed by atoms with Crippen molar-refractivity contribution < 1.29 is 14.3 Å². The van der Waals surface area contributed by atoms with Crippen molar-refractivity contribution in [3.8, 4) is 0 Å². The minimum Gasteiger partial charge on any atom is -0.369 e. The average molecular weight is 449 g/mol. The van der Waals surface area contributed by atoms with E-state index in [0.717, 1.165) is 11.3 Å². The molecule has 1 aliphatic rings. The second kappa shape index (κ2) is 10.8. The summed E-state index contributed by atoms with van der Waals surface area (Å²) in [5, 5.41) is 1.19. The summed E-state index contributed by atoms with van der Waals surface area (Å²) in [6, 6.07) is 15.2. The summed E-state index contributed by atoms with van der Waals surface area (Å²) in [6.07, 6.45) is 0.192. The topological polar surface area (TPSA) is 49.9 Å². The van der Waals surface area contributed by atoms with Crippen LogP contribution in [0.3, 0.4) is 0 Å². The third-order valence-corrected chi connectivity index (χ3v) is 5.57. The van der Waals surface area contributed by atoms with E-state index in [4.69, 9.17) is 27.9 Å². The van der Waals surface area contributed by atoms with Gasteiger partial charge in [-0.3, -0.25) is 9.59 Å². The lowest BCUT2D eigenvalue weighted by Crippen LogP contribution is -2.50. The summed E-state index contributed by atoms with van der Waals surface area (Å²) in [5.74, 6) is -0.404.